The van der Waals surface area contributed by atoms with Crippen molar-refractivity contribution < 1.29 is 4.42 Å². The second-order valence-electron chi connectivity index (χ2n) is 4.38. The molecule has 2 heterocycles. The second-order valence-corrected chi connectivity index (χ2v) is 5.17. The largest absolute Gasteiger partial charge is 0.453 e. The Kier molecular flexibility index (Phi) is 4.44. The Bertz CT molecular complexity index is 325. The van der Waals surface area contributed by atoms with Gasteiger partial charge in [0.05, 0.1) is 6.54 Å². The molecule has 1 saturated heterocycles. The van der Waals surface area contributed by atoms with Crippen molar-refractivity contribution in [3.8, 4) is 0 Å². The van der Waals surface area contributed by atoms with Gasteiger partial charge in [-0.25, -0.2) is 0 Å². The molecule has 1 aliphatic rings. The summed E-state index contributed by atoms with van der Waals surface area (Å²) in [6.45, 7) is 3.19. The van der Waals surface area contributed by atoms with Gasteiger partial charge in [-0.2, -0.15) is 0 Å². The molecule has 16 heavy (non-hydrogen) atoms. The van der Waals surface area contributed by atoms with Gasteiger partial charge in [0.1, 0.15) is 5.76 Å². The molecule has 1 fully saturated rings. The van der Waals surface area contributed by atoms with Crippen LogP contribution in [-0.2, 0) is 6.54 Å². The third-order valence-electron chi connectivity index (χ3n) is 3.18. The van der Waals surface area contributed by atoms with Crippen LogP contribution >= 0.6 is 15.9 Å². The molecule has 0 aliphatic carbocycles. The summed E-state index contributed by atoms with van der Waals surface area (Å²) in [5.74, 6) is 1.05. The van der Waals surface area contributed by atoms with Gasteiger partial charge in [-0.05, 0) is 54.5 Å². The van der Waals surface area contributed by atoms with Crippen LogP contribution in [0.25, 0.3) is 0 Å². The van der Waals surface area contributed by atoms with Crippen LogP contribution in [0.15, 0.2) is 21.2 Å². The van der Waals surface area contributed by atoms with Crippen molar-refractivity contribution in [2.24, 2.45) is 0 Å². The Labute approximate surface area is 105 Å². The molecule has 2 rings (SSSR count). The highest BCUT2D eigenvalue weighted by Gasteiger charge is 2.22. The van der Waals surface area contributed by atoms with Crippen molar-refractivity contribution in [3.05, 3.63) is 22.6 Å². The van der Waals surface area contributed by atoms with E-state index in [1.165, 1.54) is 25.8 Å². The van der Waals surface area contributed by atoms with E-state index in [2.05, 4.69) is 32.2 Å². The zero-order valence-electron chi connectivity index (χ0n) is 9.71. The number of halogens is 1. The van der Waals surface area contributed by atoms with Crippen LogP contribution in [-0.4, -0.2) is 31.1 Å². The van der Waals surface area contributed by atoms with Gasteiger partial charge in [0, 0.05) is 12.6 Å². The van der Waals surface area contributed by atoms with Crippen LogP contribution in [0.3, 0.4) is 0 Å². The van der Waals surface area contributed by atoms with Crippen LogP contribution < -0.4 is 5.32 Å². The first-order chi connectivity index (χ1) is 7.79. The van der Waals surface area contributed by atoms with E-state index in [1.807, 2.05) is 13.1 Å². The van der Waals surface area contributed by atoms with Crippen molar-refractivity contribution in [2.75, 3.05) is 20.1 Å². The van der Waals surface area contributed by atoms with E-state index in [-0.39, 0.29) is 0 Å². The molecule has 3 nitrogen and oxygen atoms in total. The molecule has 4 heteroatoms. The molecule has 1 aliphatic heterocycles. The lowest BCUT2D eigenvalue weighted by atomic mass is 10.0. The lowest BCUT2D eigenvalue weighted by Crippen LogP contribution is -2.44. The van der Waals surface area contributed by atoms with Gasteiger partial charge in [-0.1, -0.05) is 6.42 Å². The van der Waals surface area contributed by atoms with E-state index in [9.17, 15) is 0 Å². The third-order valence-corrected chi connectivity index (χ3v) is 3.60. The summed E-state index contributed by atoms with van der Waals surface area (Å²) < 4.78 is 6.39. The maximum atomic E-state index is 5.57. The average Bonchev–Trinajstić information content (AvgIpc) is 2.67. The van der Waals surface area contributed by atoms with E-state index < -0.39 is 0 Å². The van der Waals surface area contributed by atoms with Crippen molar-refractivity contribution >= 4 is 15.9 Å². The molecule has 90 valence electrons. The summed E-state index contributed by atoms with van der Waals surface area (Å²) in [6, 6.07) is 4.67. The van der Waals surface area contributed by atoms with Crippen LogP contribution in [0.5, 0.6) is 0 Å². The van der Waals surface area contributed by atoms with Gasteiger partial charge in [0.25, 0.3) is 0 Å². The smallest absolute Gasteiger partial charge is 0.169 e. The van der Waals surface area contributed by atoms with E-state index >= 15 is 0 Å². The molecule has 0 aromatic carbocycles. The topological polar surface area (TPSA) is 28.4 Å². The first-order valence-corrected chi connectivity index (χ1v) is 6.72. The van der Waals surface area contributed by atoms with Gasteiger partial charge >= 0.3 is 0 Å². The van der Waals surface area contributed by atoms with E-state index in [4.69, 9.17) is 4.42 Å². The molecule has 0 spiro atoms. The molecule has 0 amide bonds. The number of nitrogens with one attached hydrogen (secondary N) is 1. The third kappa shape index (κ3) is 3.09. The molecule has 0 radical (unpaired) electrons. The second kappa shape index (κ2) is 5.84. The first kappa shape index (κ1) is 12.1. The van der Waals surface area contributed by atoms with Crippen molar-refractivity contribution in [2.45, 2.75) is 31.8 Å². The van der Waals surface area contributed by atoms with Gasteiger partial charge < -0.3 is 9.73 Å². The fourth-order valence-electron chi connectivity index (χ4n) is 2.37. The van der Waals surface area contributed by atoms with Crippen molar-refractivity contribution in [1.82, 2.24) is 10.2 Å². The molecule has 1 aromatic rings. The monoisotopic (exact) mass is 286 g/mol. The van der Waals surface area contributed by atoms with Crippen molar-refractivity contribution in [3.63, 3.8) is 0 Å². The van der Waals surface area contributed by atoms with Gasteiger partial charge in [-0.15, -0.1) is 0 Å². The number of rotatable bonds is 4. The van der Waals surface area contributed by atoms with Crippen LogP contribution in [0.4, 0.5) is 0 Å². The molecule has 0 bridgehead atoms. The normalized spacial score (nSPS) is 22.5. The van der Waals surface area contributed by atoms with Crippen LogP contribution in [0.1, 0.15) is 25.0 Å². The molecule has 1 N–H and O–H groups in total. The summed E-state index contributed by atoms with van der Waals surface area (Å²) in [6.07, 6.45) is 3.95. The predicted molar refractivity (Wildman–Crippen MR) is 68.4 cm³/mol. The fraction of sp³-hybridized carbons (Fsp3) is 0.667. The summed E-state index contributed by atoms with van der Waals surface area (Å²) in [4.78, 5) is 2.52. The maximum Gasteiger partial charge on any atom is 0.169 e. The minimum Gasteiger partial charge on any atom is -0.453 e. The van der Waals surface area contributed by atoms with E-state index in [1.54, 1.807) is 0 Å². The van der Waals surface area contributed by atoms with E-state index in [0.29, 0.717) is 6.04 Å². The lowest BCUT2D eigenvalue weighted by molar-refractivity contribution is 0.129. The Morgan fingerprint density at radius 1 is 1.50 bits per heavy atom. The molecule has 1 unspecified atom stereocenters. The Hall–Kier alpha value is -0.320. The van der Waals surface area contributed by atoms with Crippen molar-refractivity contribution in [1.29, 1.82) is 0 Å². The van der Waals surface area contributed by atoms with Crippen LogP contribution in [0, 0.1) is 0 Å². The summed E-state index contributed by atoms with van der Waals surface area (Å²) in [5.41, 5.74) is 0. The fourth-order valence-corrected chi connectivity index (χ4v) is 2.71. The number of likely N-dealkylation sites (N-methyl/N-ethyl adjacent to an activating group) is 1. The summed E-state index contributed by atoms with van der Waals surface area (Å²) in [5, 5.41) is 3.28. The number of hydrogen-bond acceptors (Lipinski definition) is 3. The van der Waals surface area contributed by atoms with Gasteiger partial charge in [0.2, 0.25) is 0 Å². The standard InChI is InChI=1S/C12H19BrN2O/c1-14-8-10-4-2-3-7-15(10)9-11-5-6-12(13)16-11/h5-6,10,14H,2-4,7-9H2,1H3. The highest BCUT2D eigenvalue weighted by Crippen LogP contribution is 2.21. The highest BCUT2D eigenvalue weighted by molar-refractivity contribution is 9.10. The SMILES string of the molecule is CNCC1CCCCN1Cc1ccc(Br)o1. The van der Waals surface area contributed by atoms with E-state index in [0.717, 1.165) is 23.5 Å². The average molecular weight is 287 g/mol. The quantitative estimate of drug-likeness (QED) is 0.922. The Morgan fingerprint density at radius 3 is 3.06 bits per heavy atom. The highest BCUT2D eigenvalue weighted by atomic mass is 79.9. The molecule has 0 saturated carbocycles. The minimum atomic E-state index is 0.655. The molecular formula is C12H19BrN2O. The van der Waals surface area contributed by atoms with Crippen LogP contribution in [0.2, 0.25) is 0 Å². The van der Waals surface area contributed by atoms with Gasteiger partial charge in [0.15, 0.2) is 4.67 Å². The number of piperidine rings is 1. The first-order valence-electron chi connectivity index (χ1n) is 5.92. The maximum absolute atomic E-state index is 5.57. The minimum absolute atomic E-state index is 0.655. The number of likely N-dealkylation sites (tertiary alicyclic amines) is 1. The van der Waals surface area contributed by atoms with Gasteiger partial charge in [-0.3, -0.25) is 4.90 Å². The summed E-state index contributed by atoms with van der Waals surface area (Å²) >= 11 is 3.35. The molecule has 1 atom stereocenters. The zero-order chi connectivity index (χ0) is 11.4. The lowest BCUT2D eigenvalue weighted by Gasteiger charge is -2.35. The summed E-state index contributed by atoms with van der Waals surface area (Å²) in [7, 11) is 2.02. The number of hydrogen-bond donors (Lipinski definition) is 1. The molecular weight excluding hydrogens is 268 g/mol. The molecule has 1 aromatic heterocycles. The zero-order valence-corrected chi connectivity index (χ0v) is 11.3. The Morgan fingerprint density at radius 2 is 2.38 bits per heavy atom. The number of nitrogens with zero attached hydrogens (tertiary/aromatic N) is 1. The number of furan rings is 1. The Balaban J connectivity index is 1.95. The predicted octanol–water partition coefficient (Wildman–Crippen LogP) is 2.62.